The smallest absolute Gasteiger partial charge is 0.417 e. The summed E-state index contributed by atoms with van der Waals surface area (Å²) in [5.41, 5.74) is -0.0653. The predicted molar refractivity (Wildman–Crippen MR) is 94.7 cm³/mol. The van der Waals surface area contributed by atoms with E-state index in [2.05, 4.69) is 9.97 Å². The van der Waals surface area contributed by atoms with Crippen LogP contribution in [0, 0.1) is 11.3 Å². The Hall–Kier alpha value is -2.57. The zero-order valence-electron chi connectivity index (χ0n) is 13.0. The minimum Gasteiger partial charge on any atom is -0.510 e. The van der Waals surface area contributed by atoms with Crippen molar-refractivity contribution in [1.29, 1.82) is 5.26 Å². The van der Waals surface area contributed by atoms with Gasteiger partial charge in [-0.1, -0.05) is 23.9 Å². The number of nitriles is 1. The molecule has 0 radical (unpaired) electrons. The van der Waals surface area contributed by atoms with E-state index in [1.165, 1.54) is 17.4 Å². The van der Waals surface area contributed by atoms with Gasteiger partial charge in [0.1, 0.15) is 22.4 Å². The van der Waals surface area contributed by atoms with E-state index in [1.54, 1.807) is 0 Å². The van der Waals surface area contributed by atoms with Gasteiger partial charge < -0.3 is 5.11 Å². The van der Waals surface area contributed by atoms with E-state index in [0.717, 1.165) is 34.2 Å². The molecule has 2 heterocycles. The van der Waals surface area contributed by atoms with Crippen molar-refractivity contribution in [2.24, 2.45) is 0 Å². The lowest BCUT2D eigenvalue weighted by Gasteiger charge is -2.06. The second kappa shape index (κ2) is 7.35. The van der Waals surface area contributed by atoms with E-state index in [1.807, 2.05) is 30.3 Å². The molecule has 0 fully saturated rings. The summed E-state index contributed by atoms with van der Waals surface area (Å²) in [5, 5.41) is 20.3. The number of pyridine rings is 1. The number of para-hydroxylation sites is 1. The van der Waals surface area contributed by atoms with E-state index < -0.39 is 11.7 Å². The SMILES string of the molecule is N#CC(=C(O)CSc1ccc(C(F)(F)F)cn1)c1nc2ccccc2s1. The molecule has 1 aromatic carbocycles. The minimum absolute atomic E-state index is 0.00279. The third kappa shape index (κ3) is 3.98. The van der Waals surface area contributed by atoms with Crippen molar-refractivity contribution in [3.63, 3.8) is 0 Å². The van der Waals surface area contributed by atoms with E-state index in [9.17, 15) is 23.5 Å². The van der Waals surface area contributed by atoms with Crippen LogP contribution in [0.1, 0.15) is 10.6 Å². The lowest BCUT2D eigenvalue weighted by Crippen LogP contribution is -2.05. The number of hydrogen-bond donors (Lipinski definition) is 1. The normalized spacial score (nSPS) is 12.7. The highest BCUT2D eigenvalue weighted by Crippen LogP contribution is 2.31. The van der Waals surface area contributed by atoms with E-state index in [-0.39, 0.29) is 17.1 Å². The van der Waals surface area contributed by atoms with Gasteiger partial charge in [-0.2, -0.15) is 18.4 Å². The number of alkyl halides is 3. The maximum Gasteiger partial charge on any atom is 0.417 e. The zero-order valence-corrected chi connectivity index (χ0v) is 14.6. The van der Waals surface area contributed by atoms with Gasteiger partial charge >= 0.3 is 6.18 Å². The average molecular weight is 393 g/mol. The first-order chi connectivity index (χ1) is 12.4. The molecule has 0 unspecified atom stereocenters. The molecule has 0 aliphatic carbocycles. The second-order valence-electron chi connectivity index (χ2n) is 5.09. The van der Waals surface area contributed by atoms with Crippen molar-refractivity contribution in [2.45, 2.75) is 11.2 Å². The number of aliphatic hydroxyl groups excluding tert-OH is 1. The Morgan fingerprint density at radius 2 is 2.00 bits per heavy atom. The monoisotopic (exact) mass is 393 g/mol. The van der Waals surface area contributed by atoms with Crippen LogP contribution in [-0.4, -0.2) is 20.8 Å². The zero-order chi connectivity index (χ0) is 18.7. The molecule has 3 aromatic rings. The van der Waals surface area contributed by atoms with Crippen molar-refractivity contribution >= 4 is 38.9 Å². The van der Waals surface area contributed by atoms with Gasteiger partial charge in [0.05, 0.1) is 26.6 Å². The van der Waals surface area contributed by atoms with Gasteiger partial charge in [-0.05, 0) is 24.3 Å². The molecular formula is C17H10F3N3OS2. The van der Waals surface area contributed by atoms with Gasteiger partial charge in [0.15, 0.2) is 0 Å². The van der Waals surface area contributed by atoms with Crippen molar-refractivity contribution in [1.82, 2.24) is 9.97 Å². The number of thioether (sulfide) groups is 1. The molecule has 1 N–H and O–H groups in total. The fourth-order valence-corrected chi connectivity index (χ4v) is 3.77. The lowest BCUT2D eigenvalue weighted by atomic mass is 10.2. The predicted octanol–water partition coefficient (Wildman–Crippen LogP) is 5.30. The highest BCUT2D eigenvalue weighted by atomic mass is 32.2. The summed E-state index contributed by atoms with van der Waals surface area (Å²) in [7, 11) is 0. The molecule has 4 nitrogen and oxygen atoms in total. The van der Waals surface area contributed by atoms with Crippen LogP contribution in [0.5, 0.6) is 0 Å². The summed E-state index contributed by atoms with van der Waals surface area (Å²) in [6.07, 6.45) is -3.71. The van der Waals surface area contributed by atoms with Crippen LogP contribution >= 0.6 is 23.1 Å². The maximum absolute atomic E-state index is 12.5. The van der Waals surface area contributed by atoms with Crippen LogP contribution in [0.15, 0.2) is 53.4 Å². The Morgan fingerprint density at radius 1 is 1.23 bits per heavy atom. The van der Waals surface area contributed by atoms with Gasteiger partial charge in [0.25, 0.3) is 0 Å². The van der Waals surface area contributed by atoms with Crippen LogP contribution in [-0.2, 0) is 6.18 Å². The summed E-state index contributed by atoms with van der Waals surface area (Å²) >= 11 is 2.32. The Kier molecular flexibility index (Phi) is 5.15. The molecule has 132 valence electrons. The molecule has 2 aromatic heterocycles. The van der Waals surface area contributed by atoms with Gasteiger partial charge in [0.2, 0.25) is 0 Å². The molecule has 0 atom stereocenters. The van der Waals surface area contributed by atoms with Gasteiger partial charge in [0, 0.05) is 6.20 Å². The van der Waals surface area contributed by atoms with Gasteiger partial charge in [-0.15, -0.1) is 11.3 Å². The summed E-state index contributed by atoms with van der Waals surface area (Å²) in [5.74, 6) is -0.199. The number of fused-ring (bicyclic) bond motifs is 1. The molecule has 3 rings (SSSR count). The summed E-state index contributed by atoms with van der Waals surface area (Å²) in [6.45, 7) is 0. The van der Waals surface area contributed by atoms with Crippen LogP contribution in [0.25, 0.3) is 15.8 Å². The Morgan fingerprint density at radius 3 is 2.62 bits per heavy atom. The topological polar surface area (TPSA) is 69.8 Å². The summed E-state index contributed by atoms with van der Waals surface area (Å²) in [4.78, 5) is 8.05. The van der Waals surface area contributed by atoms with Crippen LogP contribution in [0.2, 0.25) is 0 Å². The van der Waals surface area contributed by atoms with E-state index in [0.29, 0.717) is 10.0 Å². The first kappa shape index (κ1) is 18.2. The van der Waals surface area contributed by atoms with Gasteiger partial charge in [-0.25, -0.2) is 9.97 Å². The number of halogens is 3. The molecule has 0 saturated heterocycles. The molecule has 26 heavy (non-hydrogen) atoms. The highest BCUT2D eigenvalue weighted by Gasteiger charge is 2.30. The molecule has 0 amide bonds. The van der Waals surface area contributed by atoms with Crippen LogP contribution in [0.3, 0.4) is 0 Å². The largest absolute Gasteiger partial charge is 0.510 e. The number of allylic oxidation sites excluding steroid dienone is 1. The number of benzene rings is 1. The first-order valence-corrected chi connectivity index (χ1v) is 9.03. The third-order valence-electron chi connectivity index (χ3n) is 3.33. The summed E-state index contributed by atoms with van der Waals surface area (Å²) < 4.78 is 38.5. The fourth-order valence-electron chi connectivity index (χ4n) is 2.06. The molecule has 0 aliphatic rings. The molecule has 0 aliphatic heterocycles. The summed E-state index contributed by atoms with van der Waals surface area (Å²) in [6, 6.07) is 11.4. The van der Waals surface area contributed by atoms with Crippen LogP contribution < -0.4 is 0 Å². The van der Waals surface area contributed by atoms with Crippen molar-refractivity contribution in [3.8, 4) is 6.07 Å². The first-order valence-electron chi connectivity index (χ1n) is 7.22. The molecule has 0 spiro atoms. The third-order valence-corrected chi connectivity index (χ3v) is 5.34. The average Bonchev–Trinajstić information content (AvgIpc) is 3.03. The molecule has 9 heteroatoms. The Labute approximate surface area is 154 Å². The highest BCUT2D eigenvalue weighted by molar-refractivity contribution is 7.99. The Bertz CT molecular complexity index is 972. The number of rotatable bonds is 4. The minimum atomic E-state index is -4.45. The molecule has 0 bridgehead atoms. The molecular weight excluding hydrogens is 383 g/mol. The number of nitrogens with zero attached hydrogens (tertiary/aromatic N) is 3. The van der Waals surface area contributed by atoms with Crippen molar-refractivity contribution < 1.29 is 18.3 Å². The number of aliphatic hydroxyl groups is 1. The van der Waals surface area contributed by atoms with Crippen molar-refractivity contribution in [3.05, 3.63) is 58.9 Å². The number of thiazole rings is 1. The fraction of sp³-hybridized carbons (Fsp3) is 0.118. The van der Waals surface area contributed by atoms with Crippen molar-refractivity contribution in [2.75, 3.05) is 5.75 Å². The standard InChI is InChI=1S/C17H10F3N3OS2/c18-17(19,20)10-5-6-15(22-8-10)25-9-13(24)11(7-21)16-23-12-3-1-2-4-14(12)26-16/h1-6,8,24H,9H2. The number of aromatic nitrogens is 2. The molecule has 0 saturated carbocycles. The number of hydrogen-bond acceptors (Lipinski definition) is 6. The second-order valence-corrected chi connectivity index (χ2v) is 7.12. The van der Waals surface area contributed by atoms with E-state index in [4.69, 9.17) is 0 Å². The Balaban J connectivity index is 1.78. The lowest BCUT2D eigenvalue weighted by molar-refractivity contribution is -0.137. The van der Waals surface area contributed by atoms with Crippen LogP contribution in [0.4, 0.5) is 13.2 Å². The van der Waals surface area contributed by atoms with Gasteiger partial charge in [-0.3, -0.25) is 0 Å². The maximum atomic E-state index is 12.5. The van der Waals surface area contributed by atoms with E-state index >= 15 is 0 Å². The quantitative estimate of drug-likeness (QED) is 0.370.